The highest BCUT2D eigenvalue weighted by atomic mass is 16.3. The molecule has 1 aromatic heterocycles. The van der Waals surface area contributed by atoms with Crippen molar-refractivity contribution in [3.8, 4) is 0 Å². The number of aryl methyl sites for hydroxylation is 1. The summed E-state index contributed by atoms with van der Waals surface area (Å²) in [7, 11) is 2.03. The smallest absolute Gasteiger partial charge is 0.243 e. The molecule has 166 valence electrons. The predicted octanol–water partition coefficient (Wildman–Crippen LogP) is 4.56. The number of carbonyl (C=O) groups excluding carboxylic acids is 1. The third-order valence-corrected chi connectivity index (χ3v) is 6.45. The first kappa shape index (κ1) is 22.7. The van der Waals surface area contributed by atoms with Crippen molar-refractivity contribution in [3.63, 3.8) is 0 Å². The average Bonchev–Trinajstić information content (AvgIpc) is 3.12. The minimum absolute atomic E-state index is 0.00448. The molecule has 2 heterocycles. The maximum atomic E-state index is 13.0. The Kier molecular flexibility index (Phi) is 7.81. The van der Waals surface area contributed by atoms with Gasteiger partial charge in [-0.1, -0.05) is 52.9 Å². The number of aliphatic hydroxyl groups excluding tert-OH is 1. The monoisotopic (exact) mass is 413 g/mol. The van der Waals surface area contributed by atoms with E-state index in [9.17, 15) is 9.90 Å². The van der Waals surface area contributed by atoms with Crippen LogP contribution in [-0.4, -0.2) is 41.7 Å². The van der Waals surface area contributed by atoms with E-state index in [1.165, 1.54) is 49.5 Å². The molecule has 5 nitrogen and oxygen atoms in total. The molecular formula is C25H39N3O2. The number of H-pyrrole nitrogens is 1. The molecule has 0 bridgehead atoms. The number of rotatable bonds is 9. The molecule has 1 aliphatic rings. The number of carbonyl (C=O) groups is 1. The van der Waals surface area contributed by atoms with Gasteiger partial charge in [0.15, 0.2) is 0 Å². The number of hydrogen-bond acceptors (Lipinski definition) is 3. The highest BCUT2D eigenvalue weighted by Crippen LogP contribution is 2.35. The number of hydrogen-bond donors (Lipinski definition) is 3. The van der Waals surface area contributed by atoms with E-state index in [0.29, 0.717) is 6.42 Å². The van der Waals surface area contributed by atoms with Crippen LogP contribution in [0.3, 0.4) is 0 Å². The van der Waals surface area contributed by atoms with E-state index in [2.05, 4.69) is 48.1 Å². The van der Waals surface area contributed by atoms with Crippen LogP contribution >= 0.6 is 0 Å². The molecule has 0 saturated heterocycles. The zero-order valence-corrected chi connectivity index (χ0v) is 19.1. The SMILES string of the molecule is CCCCCCCCc1cc2c3c(c[nH]c3c1)C[C@@H](CO)NC(=O)[C@H](C(C)C)N2C. The Balaban J connectivity index is 1.93. The third kappa shape index (κ3) is 5.00. The highest BCUT2D eigenvalue weighted by Gasteiger charge is 2.32. The summed E-state index contributed by atoms with van der Waals surface area (Å²) in [5, 5.41) is 14.1. The summed E-state index contributed by atoms with van der Waals surface area (Å²) < 4.78 is 0. The molecule has 2 aromatic rings. The van der Waals surface area contributed by atoms with Gasteiger partial charge in [-0.25, -0.2) is 0 Å². The molecule has 1 aliphatic heterocycles. The van der Waals surface area contributed by atoms with Gasteiger partial charge in [0.25, 0.3) is 0 Å². The number of nitrogens with one attached hydrogen (secondary N) is 2. The maximum Gasteiger partial charge on any atom is 0.243 e. The lowest BCUT2D eigenvalue weighted by atomic mass is 9.98. The van der Waals surface area contributed by atoms with Crippen LogP contribution in [0.4, 0.5) is 5.69 Å². The number of benzene rings is 1. The first-order chi connectivity index (χ1) is 14.5. The van der Waals surface area contributed by atoms with Crippen molar-refractivity contribution < 1.29 is 9.90 Å². The normalized spacial score (nSPS) is 19.7. The van der Waals surface area contributed by atoms with E-state index < -0.39 is 0 Å². The summed E-state index contributed by atoms with van der Waals surface area (Å²) in [5.74, 6) is 0.155. The molecule has 0 radical (unpaired) electrons. The van der Waals surface area contributed by atoms with Gasteiger partial charge in [-0.3, -0.25) is 4.79 Å². The fourth-order valence-corrected chi connectivity index (χ4v) is 4.86. The largest absolute Gasteiger partial charge is 0.394 e. The number of aliphatic hydroxyl groups is 1. The number of likely N-dealkylation sites (N-methyl/N-ethyl adjacent to an activating group) is 1. The second kappa shape index (κ2) is 10.3. The highest BCUT2D eigenvalue weighted by molar-refractivity contribution is 5.99. The topological polar surface area (TPSA) is 68.4 Å². The fraction of sp³-hybridized carbons (Fsp3) is 0.640. The molecule has 0 unspecified atom stereocenters. The summed E-state index contributed by atoms with van der Waals surface area (Å²) in [5.41, 5.74) is 4.73. The first-order valence-electron chi connectivity index (χ1n) is 11.7. The maximum absolute atomic E-state index is 13.0. The van der Waals surface area contributed by atoms with Crippen LogP contribution in [0.1, 0.15) is 70.4 Å². The molecule has 30 heavy (non-hydrogen) atoms. The van der Waals surface area contributed by atoms with Crippen molar-refractivity contribution in [2.24, 2.45) is 5.92 Å². The molecule has 3 N–H and O–H groups in total. The quantitative estimate of drug-likeness (QED) is 0.528. The van der Waals surface area contributed by atoms with E-state index in [-0.39, 0.29) is 30.5 Å². The van der Waals surface area contributed by atoms with Gasteiger partial charge >= 0.3 is 0 Å². The Morgan fingerprint density at radius 1 is 1.17 bits per heavy atom. The van der Waals surface area contributed by atoms with Crippen LogP contribution in [0.5, 0.6) is 0 Å². The Morgan fingerprint density at radius 2 is 1.90 bits per heavy atom. The summed E-state index contributed by atoms with van der Waals surface area (Å²) in [6.07, 6.45) is 11.5. The van der Waals surface area contributed by atoms with Crippen molar-refractivity contribution >= 4 is 22.5 Å². The number of amides is 1. The average molecular weight is 414 g/mol. The second-order valence-electron chi connectivity index (χ2n) is 9.26. The number of aromatic amines is 1. The zero-order valence-electron chi connectivity index (χ0n) is 19.1. The van der Waals surface area contributed by atoms with Crippen LogP contribution in [0, 0.1) is 5.92 Å². The van der Waals surface area contributed by atoms with Crippen molar-refractivity contribution in [2.75, 3.05) is 18.6 Å². The van der Waals surface area contributed by atoms with E-state index in [4.69, 9.17) is 0 Å². The Labute approximate surface area is 181 Å². The van der Waals surface area contributed by atoms with Crippen molar-refractivity contribution in [1.29, 1.82) is 0 Å². The van der Waals surface area contributed by atoms with Gasteiger partial charge in [0.2, 0.25) is 5.91 Å². The molecule has 1 amide bonds. The van der Waals surface area contributed by atoms with E-state index in [0.717, 1.165) is 23.2 Å². The molecule has 3 rings (SSSR count). The zero-order chi connectivity index (χ0) is 21.7. The summed E-state index contributed by atoms with van der Waals surface area (Å²) in [4.78, 5) is 18.6. The second-order valence-corrected chi connectivity index (χ2v) is 9.26. The van der Waals surface area contributed by atoms with Crippen LogP contribution in [0.25, 0.3) is 10.9 Å². The van der Waals surface area contributed by atoms with Gasteiger partial charge in [0, 0.05) is 29.8 Å². The van der Waals surface area contributed by atoms with Gasteiger partial charge in [-0.15, -0.1) is 0 Å². The molecule has 2 atom stereocenters. The molecule has 0 spiro atoms. The number of anilines is 1. The molecular weight excluding hydrogens is 374 g/mol. The van der Waals surface area contributed by atoms with Gasteiger partial charge in [-0.05, 0) is 48.4 Å². The molecule has 0 aliphatic carbocycles. The lowest BCUT2D eigenvalue weighted by molar-refractivity contribution is -0.124. The lowest BCUT2D eigenvalue weighted by Crippen LogP contribution is -2.52. The number of unbranched alkanes of at least 4 members (excludes halogenated alkanes) is 5. The molecule has 5 heteroatoms. The molecule has 0 fully saturated rings. The van der Waals surface area contributed by atoms with Crippen LogP contribution < -0.4 is 10.2 Å². The first-order valence-corrected chi connectivity index (χ1v) is 11.7. The lowest BCUT2D eigenvalue weighted by Gasteiger charge is -2.33. The summed E-state index contributed by atoms with van der Waals surface area (Å²) >= 11 is 0. The molecule has 0 saturated carbocycles. The van der Waals surface area contributed by atoms with Crippen molar-refractivity contribution in [1.82, 2.24) is 10.3 Å². The Bertz CT molecular complexity index is 842. The van der Waals surface area contributed by atoms with E-state index in [1.54, 1.807) is 0 Å². The van der Waals surface area contributed by atoms with Gasteiger partial charge in [0.05, 0.1) is 12.6 Å². The van der Waals surface area contributed by atoms with Crippen molar-refractivity contribution in [3.05, 3.63) is 29.5 Å². The van der Waals surface area contributed by atoms with E-state index >= 15 is 0 Å². The number of aromatic nitrogens is 1. The molecule has 1 aromatic carbocycles. The van der Waals surface area contributed by atoms with Crippen LogP contribution in [0.2, 0.25) is 0 Å². The van der Waals surface area contributed by atoms with Crippen molar-refractivity contribution in [2.45, 2.75) is 84.2 Å². The summed E-state index contributed by atoms with van der Waals surface area (Å²) in [6.45, 7) is 6.37. The predicted molar refractivity (Wildman–Crippen MR) is 125 cm³/mol. The van der Waals surface area contributed by atoms with Crippen LogP contribution in [-0.2, 0) is 17.6 Å². The van der Waals surface area contributed by atoms with Gasteiger partial charge < -0.3 is 20.3 Å². The van der Waals surface area contributed by atoms with Gasteiger partial charge in [0.1, 0.15) is 6.04 Å². The third-order valence-electron chi connectivity index (χ3n) is 6.45. The Morgan fingerprint density at radius 3 is 2.60 bits per heavy atom. The summed E-state index contributed by atoms with van der Waals surface area (Å²) in [6, 6.07) is 4.02. The minimum Gasteiger partial charge on any atom is -0.394 e. The van der Waals surface area contributed by atoms with E-state index in [1.807, 2.05) is 13.2 Å². The number of nitrogens with zero attached hydrogens (tertiary/aromatic N) is 1. The standard InChI is InChI=1S/C25H39N3O2/c1-5-6-7-8-9-10-11-18-12-21-23-19(15-26-21)14-20(16-29)27-25(30)24(17(2)3)28(4)22(23)13-18/h12-13,15,17,20,24,26,29H,5-11,14,16H2,1-4H3,(H,27,30)/t20-,24-/m0/s1. The fourth-order valence-electron chi connectivity index (χ4n) is 4.86. The van der Waals surface area contributed by atoms with Gasteiger partial charge in [-0.2, -0.15) is 0 Å². The Hall–Kier alpha value is -2.01. The van der Waals surface area contributed by atoms with Crippen LogP contribution in [0.15, 0.2) is 18.3 Å². The minimum atomic E-state index is -0.271.